The Hall–Kier alpha value is -1.27. The summed E-state index contributed by atoms with van der Waals surface area (Å²) in [6.45, 7) is 7.58. The fraction of sp³-hybridized carbons (Fsp3) is 0.500. The Morgan fingerprint density at radius 2 is 2.04 bits per heavy atom. The van der Waals surface area contributed by atoms with E-state index in [1.165, 1.54) is 5.57 Å². The van der Waals surface area contributed by atoms with Crippen LogP contribution in [0, 0.1) is 17.8 Å². The average molecular weight is 334 g/mol. The van der Waals surface area contributed by atoms with Crippen molar-refractivity contribution >= 4 is 11.6 Å². The fourth-order valence-electron chi connectivity index (χ4n) is 2.74. The number of rotatable bonds is 8. The van der Waals surface area contributed by atoms with E-state index in [0.29, 0.717) is 11.6 Å². The molecule has 1 heterocycles. The molecule has 0 aromatic carbocycles. The lowest BCUT2D eigenvalue weighted by atomic mass is 9.77. The van der Waals surface area contributed by atoms with Crippen LogP contribution < -0.4 is 5.32 Å². The van der Waals surface area contributed by atoms with Crippen LogP contribution in [0.4, 0.5) is 0 Å². The quantitative estimate of drug-likeness (QED) is 0.518. The van der Waals surface area contributed by atoms with E-state index in [0.717, 1.165) is 39.0 Å². The first-order chi connectivity index (χ1) is 11.2. The first-order valence-electron chi connectivity index (χ1n) is 8.20. The average Bonchev–Trinajstić information content (AvgIpc) is 2.55. The zero-order valence-corrected chi connectivity index (χ0v) is 15.0. The molecular weight excluding hydrogens is 306 g/mol. The van der Waals surface area contributed by atoms with Crippen molar-refractivity contribution in [1.29, 1.82) is 0 Å². The fourth-order valence-corrected chi connectivity index (χ4v) is 2.89. The molecule has 0 bridgehead atoms. The number of terminal acetylenes is 1. The molecule has 0 saturated carbocycles. The largest absolute Gasteiger partial charge is 0.376 e. The highest BCUT2D eigenvalue weighted by Crippen LogP contribution is 2.34. The van der Waals surface area contributed by atoms with Gasteiger partial charge in [-0.1, -0.05) is 41.8 Å². The van der Waals surface area contributed by atoms with Gasteiger partial charge in [0.2, 0.25) is 0 Å². The lowest BCUT2D eigenvalue weighted by Crippen LogP contribution is -2.39. The van der Waals surface area contributed by atoms with Gasteiger partial charge in [-0.2, -0.15) is 0 Å². The van der Waals surface area contributed by atoms with Gasteiger partial charge in [-0.25, -0.2) is 0 Å². The molecule has 0 radical (unpaired) electrons. The van der Waals surface area contributed by atoms with Gasteiger partial charge in [0.1, 0.15) is 0 Å². The molecule has 1 N–H and O–H groups in total. The SMILES string of the molecule is C#C/C=C(Cl)\C=C/CC1(COCC(/C=C\C)=C/C)CCNCC1. The molecule has 1 aliphatic heterocycles. The summed E-state index contributed by atoms with van der Waals surface area (Å²) in [7, 11) is 0. The second-order valence-electron chi connectivity index (χ2n) is 5.91. The van der Waals surface area contributed by atoms with Gasteiger partial charge in [0.05, 0.1) is 13.2 Å². The normalized spacial score (nSPS) is 19.4. The van der Waals surface area contributed by atoms with Crippen LogP contribution in [-0.2, 0) is 4.74 Å². The molecule has 0 aromatic rings. The number of piperidine rings is 1. The molecule has 2 nitrogen and oxygen atoms in total. The summed E-state index contributed by atoms with van der Waals surface area (Å²) < 4.78 is 6.03. The van der Waals surface area contributed by atoms with E-state index < -0.39 is 0 Å². The maximum Gasteiger partial charge on any atom is 0.0713 e. The Morgan fingerprint density at radius 3 is 2.65 bits per heavy atom. The third kappa shape index (κ3) is 7.70. The topological polar surface area (TPSA) is 21.3 Å². The van der Waals surface area contributed by atoms with E-state index in [2.05, 4.69) is 29.5 Å². The van der Waals surface area contributed by atoms with Crippen LogP contribution in [0.2, 0.25) is 0 Å². The van der Waals surface area contributed by atoms with Crippen molar-refractivity contribution in [1.82, 2.24) is 5.32 Å². The maximum atomic E-state index is 6.03. The number of halogens is 1. The summed E-state index contributed by atoms with van der Waals surface area (Å²) in [4.78, 5) is 0. The Kier molecular flexibility index (Phi) is 9.71. The number of hydrogen-bond acceptors (Lipinski definition) is 2. The molecule has 1 aliphatic rings. The van der Waals surface area contributed by atoms with Gasteiger partial charge >= 0.3 is 0 Å². The first-order valence-corrected chi connectivity index (χ1v) is 8.58. The molecule has 23 heavy (non-hydrogen) atoms. The molecule has 0 unspecified atom stereocenters. The molecule has 1 rings (SSSR count). The van der Waals surface area contributed by atoms with Gasteiger partial charge < -0.3 is 10.1 Å². The van der Waals surface area contributed by atoms with E-state index in [1.807, 2.05) is 26.0 Å². The van der Waals surface area contributed by atoms with Gasteiger partial charge in [-0.05, 0) is 63.3 Å². The van der Waals surface area contributed by atoms with Gasteiger partial charge in [0, 0.05) is 11.1 Å². The number of allylic oxidation sites excluding steroid dienone is 6. The van der Waals surface area contributed by atoms with E-state index in [1.54, 1.807) is 6.08 Å². The Bertz CT molecular complexity index is 502. The first kappa shape index (κ1) is 19.8. The minimum atomic E-state index is 0.184. The van der Waals surface area contributed by atoms with Crippen LogP contribution in [0.5, 0.6) is 0 Å². The van der Waals surface area contributed by atoms with Crippen LogP contribution in [-0.4, -0.2) is 26.3 Å². The summed E-state index contributed by atoms with van der Waals surface area (Å²) >= 11 is 6.02. The van der Waals surface area contributed by atoms with Crippen LogP contribution >= 0.6 is 11.6 Å². The van der Waals surface area contributed by atoms with Gasteiger partial charge in [0.15, 0.2) is 0 Å². The minimum absolute atomic E-state index is 0.184. The summed E-state index contributed by atoms with van der Waals surface area (Å²) in [5.41, 5.74) is 1.40. The molecule has 1 fully saturated rings. The molecule has 1 saturated heterocycles. The molecule has 0 aromatic heterocycles. The van der Waals surface area contributed by atoms with Crippen molar-refractivity contribution < 1.29 is 4.74 Å². The Balaban J connectivity index is 2.61. The summed E-state index contributed by atoms with van der Waals surface area (Å²) in [5, 5.41) is 4.02. The second-order valence-corrected chi connectivity index (χ2v) is 6.35. The Labute approximate surface area is 146 Å². The zero-order chi connectivity index (χ0) is 17.0. The highest BCUT2D eigenvalue weighted by Gasteiger charge is 2.31. The van der Waals surface area contributed by atoms with Crippen LogP contribution in [0.15, 0.2) is 47.1 Å². The number of hydrogen-bond donors (Lipinski definition) is 1. The van der Waals surface area contributed by atoms with Crippen LogP contribution in [0.3, 0.4) is 0 Å². The highest BCUT2D eigenvalue weighted by molar-refractivity contribution is 6.31. The van der Waals surface area contributed by atoms with Crippen molar-refractivity contribution in [3.63, 3.8) is 0 Å². The smallest absolute Gasteiger partial charge is 0.0713 e. The molecule has 0 spiro atoms. The third-order valence-corrected chi connectivity index (χ3v) is 4.38. The molecule has 3 heteroatoms. The highest BCUT2D eigenvalue weighted by atomic mass is 35.5. The monoisotopic (exact) mass is 333 g/mol. The maximum absolute atomic E-state index is 6.03. The zero-order valence-electron chi connectivity index (χ0n) is 14.3. The lowest BCUT2D eigenvalue weighted by molar-refractivity contribution is 0.0370. The van der Waals surface area contributed by atoms with Crippen LogP contribution in [0.25, 0.3) is 0 Å². The van der Waals surface area contributed by atoms with Crippen molar-refractivity contribution in [2.75, 3.05) is 26.3 Å². The Morgan fingerprint density at radius 1 is 1.30 bits per heavy atom. The van der Waals surface area contributed by atoms with Crippen molar-refractivity contribution in [3.05, 3.63) is 47.1 Å². The minimum Gasteiger partial charge on any atom is -0.376 e. The van der Waals surface area contributed by atoms with E-state index in [9.17, 15) is 0 Å². The number of nitrogens with one attached hydrogen (secondary N) is 1. The van der Waals surface area contributed by atoms with Gasteiger partial charge in [-0.3, -0.25) is 0 Å². The van der Waals surface area contributed by atoms with Gasteiger partial charge in [0.25, 0.3) is 0 Å². The molecular formula is C20H28ClNO. The molecule has 126 valence electrons. The molecule has 0 atom stereocenters. The second kappa shape index (κ2) is 11.3. The van der Waals surface area contributed by atoms with E-state index in [-0.39, 0.29) is 5.41 Å². The third-order valence-electron chi connectivity index (χ3n) is 4.14. The van der Waals surface area contributed by atoms with Crippen molar-refractivity contribution in [2.45, 2.75) is 33.1 Å². The summed E-state index contributed by atoms with van der Waals surface area (Å²) in [6, 6.07) is 0. The summed E-state index contributed by atoms with van der Waals surface area (Å²) in [5.74, 6) is 2.44. The number of ether oxygens (including phenoxy) is 1. The van der Waals surface area contributed by atoms with Crippen molar-refractivity contribution in [2.24, 2.45) is 5.41 Å². The van der Waals surface area contributed by atoms with E-state index in [4.69, 9.17) is 22.8 Å². The predicted molar refractivity (Wildman–Crippen MR) is 100 cm³/mol. The lowest BCUT2D eigenvalue weighted by Gasteiger charge is -2.36. The standard InChI is InChI=1S/C20H28ClNO/c1-4-8-18(6-3)16-23-17-20(12-14-22-15-13-20)11-7-10-19(21)9-5-2/h2,4,6-10,22H,11-17H2,1,3H3/b8-4-,10-7-,18-6+,19-9+. The van der Waals surface area contributed by atoms with Crippen molar-refractivity contribution in [3.8, 4) is 12.3 Å². The molecule has 0 amide bonds. The summed E-state index contributed by atoms with van der Waals surface area (Å²) in [6.07, 6.45) is 20.2. The van der Waals surface area contributed by atoms with Gasteiger partial charge in [-0.15, -0.1) is 6.42 Å². The predicted octanol–water partition coefficient (Wildman–Crippen LogP) is 4.60. The van der Waals surface area contributed by atoms with Crippen LogP contribution in [0.1, 0.15) is 33.1 Å². The van der Waals surface area contributed by atoms with E-state index >= 15 is 0 Å². The molecule has 0 aliphatic carbocycles.